The lowest BCUT2D eigenvalue weighted by Crippen LogP contribution is -2.13. The molecule has 1 rings (SSSR count). The van der Waals surface area contributed by atoms with Crippen LogP contribution in [0.4, 0.5) is 4.39 Å². The highest BCUT2D eigenvalue weighted by Crippen LogP contribution is 2.15. The van der Waals surface area contributed by atoms with Gasteiger partial charge in [0.25, 0.3) is 0 Å². The molecule has 0 radical (unpaired) electrons. The smallest absolute Gasteiger partial charge is 0.123 e. The van der Waals surface area contributed by atoms with E-state index in [1.807, 2.05) is 13.8 Å². The Morgan fingerprint density at radius 1 is 1.29 bits per heavy atom. The molecule has 0 N–H and O–H groups in total. The summed E-state index contributed by atoms with van der Waals surface area (Å²) in [5.74, 6) is 0.124. The topological polar surface area (TPSA) is 17.1 Å². The molecule has 1 aromatic carbocycles. The lowest BCUT2D eigenvalue weighted by molar-refractivity contribution is -0.112. The molecule has 0 heterocycles. The van der Waals surface area contributed by atoms with Crippen molar-refractivity contribution in [3.05, 3.63) is 35.6 Å². The van der Waals surface area contributed by atoms with Crippen LogP contribution in [-0.4, -0.2) is 6.29 Å². The first-order valence-corrected chi connectivity index (χ1v) is 4.83. The Bertz CT molecular complexity index is 290. The third-order valence-electron chi connectivity index (χ3n) is 2.42. The predicted octanol–water partition coefficient (Wildman–Crippen LogP) is 2.84. The molecule has 0 aliphatic rings. The number of aldehydes is 1. The first-order valence-electron chi connectivity index (χ1n) is 4.83. The van der Waals surface area contributed by atoms with Gasteiger partial charge in [0.2, 0.25) is 0 Å². The summed E-state index contributed by atoms with van der Waals surface area (Å²) in [6.45, 7) is 4.03. The molecule has 0 bridgehead atoms. The molecule has 14 heavy (non-hydrogen) atoms. The van der Waals surface area contributed by atoms with Crippen molar-refractivity contribution in [3.63, 3.8) is 0 Å². The van der Waals surface area contributed by atoms with E-state index >= 15 is 0 Å². The van der Waals surface area contributed by atoms with Gasteiger partial charge in [0.05, 0.1) is 0 Å². The van der Waals surface area contributed by atoms with E-state index in [0.717, 1.165) is 11.8 Å². The molecule has 0 fully saturated rings. The zero-order valence-corrected chi connectivity index (χ0v) is 8.53. The van der Waals surface area contributed by atoms with Crippen molar-refractivity contribution in [1.29, 1.82) is 0 Å². The van der Waals surface area contributed by atoms with E-state index in [9.17, 15) is 9.18 Å². The Labute approximate surface area is 83.9 Å². The van der Waals surface area contributed by atoms with Crippen LogP contribution < -0.4 is 0 Å². The minimum Gasteiger partial charge on any atom is -0.303 e. The maximum atomic E-state index is 12.6. The molecule has 76 valence electrons. The number of carbonyl (C=O) groups is 1. The van der Waals surface area contributed by atoms with Gasteiger partial charge >= 0.3 is 0 Å². The Morgan fingerprint density at radius 2 is 1.86 bits per heavy atom. The van der Waals surface area contributed by atoms with Crippen LogP contribution >= 0.6 is 0 Å². The average Bonchev–Trinajstić information content (AvgIpc) is 2.16. The van der Waals surface area contributed by atoms with Crippen molar-refractivity contribution in [2.24, 2.45) is 11.8 Å². The highest BCUT2D eigenvalue weighted by atomic mass is 19.1. The summed E-state index contributed by atoms with van der Waals surface area (Å²) in [6.07, 6.45) is 1.68. The molecular formula is C12H15FO. The highest BCUT2D eigenvalue weighted by Gasteiger charge is 2.12. The third-order valence-corrected chi connectivity index (χ3v) is 2.42. The van der Waals surface area contributed by atoms with Crippen molar-refractivity contribution < 1.29 is 9.18 Å². The quantitative estimate of drug-likeness (QED) is 0.673. The molecule has 0 aromatic heterocycles. The van der Waals surface area contributed by atoms with E-state index in [1.165, 1.54) is 12.1 Å². The second-order valence-electron chi connectivity index (χ2n) is 3.87. The maximum Gasteiger partial charge on any atom is 0.123 e. The van der Waals surface area contributed by atoms with Crippen LogP contribution in [0.2, 0.25) is 0 Å². The van der Waals surface area contributed by atoms with E-state index in [1.54, 1.807) is 12.1 Å². The number of halogens is 1. The largest absolute Gasteiger partial charge is 0.303 e. The van der Waals surface area contributed by atoms with Crippen LogP contribution in [0.1, 0.15) is 19.4 Å². The van der Waals surface area contributed by atoms with Crippen molar-refractivity contribution >= 4 is 6.29 Å². The number of rotatable bonds is 4. The average molecular weight is 194 g/mol. The Hall–Kier alpha value is -1.18. The van der Waals surface area contributed by atoms with Gasteiger partial charge in [0, 0.05) is 5.92 Å². The van der Waals surface area contributed by atoms with Gasteiger partial charge in [0.15, 0.2) is 0 Å². The van der Waals surface area contributed by atoms with E-state index in [-0.39, 0.29) is 11.7 Å². The van der Waals surface area contributed by atoms with Crippen molar-refractivity contribution in [1.82, 2.24) is 0 Å². The molecule has 0 saturated carbocycles. The molecule has 2 heteroatoms. The molecule has 0 aliphatic carbocycles. The predicted molar refractivity (Wildman–Crippen MR) is 54.5 cm³/mol. The second kappa shape index (κ2) is 4.89. The van der Waals surface area contributed by atoms with Crippen molar-refractivity contribution in [3.8, 4) is 0 Å². The van der Waals surface area contributed by atoms with E-state index in [2.05, 4.69) is 0 Å². The molecule has 0 aliphatic heterocycles. The molecule has 0 saturated heterocycles. The summed E-state index contributed by atoms with van der Waals surface area (Å²) in [4.78, 5) is 10.7. The van der Waals surface area contributed by atoms with E-state index in [4.69, 9.17) is 0 Å². The number of hydrogen-bond acceptors (Lipinski definition) is 1. The first kappa shape index (κ1) is 10.9. The SMILES string of the molecule is CC(C)C(C=O)Cc1ccc(F)cc1. The molecule has 1 aromatic rings. The van der Waals surface area contributed by atoms with Gasteiger partial charge in [-0.2, -0.15) is 0 Å². The lowest BCUT2D eigenvalue weighted by Gasteiger charge is -2.13. The Morgan fingerprint density at radius 3 is 2.29 bits per heavy atom. The van der Waals surface area contributed by atoms with E-state index in [0.29, 0.717) is 12.3 Å². The third kappa shape index (κ3) is 2.95. The minimum atomic E-state index is -0.235. The van der Waals surface area contributed by atoms with E-state index < -0.39 is 0 Å². The Kier molecular flexibility index (Phi) is 3.81. The van der Waals surface area contributed by atoms with Crippen molar-refractivity contribution in [2.45, 2.75) is 20.3 Å². The fraction of sp³-hybridized carbons (Fsp3) is 0.417. The maximum absolute atomic E-state index is 12.6. The van der Waals surface area contributed by atoms with Gasteiger partial charge in [-0.15, -0.1) is 0 Å². The number of benzene rings is 1. The van der Waals surface area contributed by atoms with Crippen LogP contribution in [0.5, 0.6) is 0 Å². The summed E-state index contributed by atoms with van der Waals surface area (Å²) in [6, 6.07) is 6.32. The highest BCUT2D eigenvalue weighted by molar-refractivity contribution is 5.54. The molecular weight excluding hydrogens is 179 g/mol. The molecule has 1 nitrogen and oxygen atoms in total. The van der Waals surface area contributed by atoms with Gasteiger partial charge in [-0.1, -0.05) is 26.0 Å². The standard InChI is InChI=1S/C12H15FO/c1-9(2)11(8-14)7-10-3-5-12(13)6-4-10/h3-6,8-9,11H,7H2,1-2H3. The fourth-order valence-corrected chi connectivity index (χ4v) is 1.33. The van der Waals surface area contributed by atoms with Crippen LogP contribution in [-0.2, 0) is 11.2 Å². The molecule has 0 amide bonds. The Balaban J connectivity index is 2.67. The van der Waals surface area contributed by atoms with Crippen LogP contribution in [0.15, 0.2) is 24.3 Å². The van der Waals surface area contributed by atoms with Crippen LogP contribution in [0.3, 0.4) is 0 Å². The lowest BCUT2D eigenvalue weighted by atomic mass is 9.91. The zero-order chi connectivity index (χ0) is 10.6. The summed E-state index contributed by atoms with van der Waals surface area (Å²) in [7, 11) is 0. The summed E-state index contributed by atoms with van der Waals surface area (Å²) in [5, 5.41) is 0. The van der Waals surface area contributed by atoms with Gasteiger partial charge in [-0.3, -0.25) is 0 Å². The summed E-state index contributed by atoms with van der Waals surface area (Å²) < 4.78 is 12.6. The van der Waals surface area contributed by atoms with Crippen LogP contribution in [0, 0.1) is 17.7 Å². The van der Waals surface area contributed by atoms with Gasteiger partial charge < -0.3 is 4.79 Å². The molecule has 0 spiro atoms. The monoisotopic (exact) mass is 194 g/mol. The van der Waals surface area contributed by atoms with Crippen LogP contribution in [0.25, 0.3) is 0 Å². The second-order valence-corrected chi connectivity index (χ2v) is 3.87. The summed E-state index contributed by atoms with van der Waals surface area (Å²) in [5.41, 5.74) is 1.01. The van der Waals surface area contributed by atoms with Gasteiger partial charge in [-0.25, -0.2) is 4.39 Å². The molecule has 1 atom stereocenters. The minimum absolute atomic E-state index is 0.0282. The van der Waals surface area contributed by atoms with Gasteiger partial charge in [-0.05, 0) is 30.0 Å². The number of carbonyl (C=O) groups excluding carboxylic acids is 1. The van der Waals surface area contributed by atoms with Crippen molar-refractivity contribution in [2.75, 3.05) is 0 Å². The zero-order valence-electron chi connectivity index (χ0n) is 8.53. The normalized spacial score (nSPS) is 12.9. The number of hydrogen-bond donors (Lipinski definition) is 0. The first-order chi connectivity index (χ1) is 6.63. The summed E-state index contributed by atoms with van der Waals surface area (Å²) >= 11 is 0. The molecule has 1 unspecified atom stereocenters. The fourth-order valence-electron chi connectivity index (χ4n) is 1.33. The van der Waals surface area contributed by atoms with Gasteiger partial charge in [0.1, 0.15) is 12.1 Å².